The molecule has 0 unspecified atom stereocenters. The molecule has 2 fully saturated rings. The number of nitrogens with zero attached hydrogens (tertiary/aromatic N) is 1. The van der Waals surface area contributed by atoms with E-state index in [-0.39, 0.29) is 0 Å². The van der Waals surface area contributed by atoms with Gasteiger partial charge in [-0.3, -0.25) is 4.90 Å². The molecule has 0 aromatic rings. The lowest BCUT2D eigenvalue weighted by atomic mass is 10.0. The highest BCUT2D eigenvalue weighted by Crippen LogP contribution is 2.40. The Hall–Kier alpha value is -0.0800. The summed E-state index contributed by atoms with van der Waals surface area (Å²) in [5.74, 6) is 0.806. The smallest absolute Gasteiger partial charge is 0.0589 e. The Labute approximate surface area is 61.8 Å². The van der Waals surface area contributed by atoms with Crippen molar-refractivity contribution in [2.75, 3.05) is 13.7 Å². The molecule has 2 bridgehead atoms. The summed E-state index contributed by atoms with van der Waals surface area (Å²) in [5, 5.41) is 9.02. The third-order valence-corrected chi connectivity index (χ3v) is 3.28. The van der Waals surface area contributed by atoms with Gasteiger partial charge in [-0.15, -0.1) is 0 Å². The fourth-order valence-corrected chi connectivity index (χ4v) is 2.59. The Morgan fingerprint density at radius 1 is 1.50 bits per heavy atom. The van der Waals surface area contributed by atoms with E-state index in [2.05, 4.69) is 11.9 Å². The first kappa shape index (κ1) is 6.62. The van der Waals surface area contributed by atoms with E-state index in [1.807, 2.05) is 0 Å². The number of fused-ring (bicyclic) bond motifs is 2. The van der Waals surface area contributed by atoms with Crippen LogP contribution >= 0.6 is 0 Å². The number of rotatable bonds is 1. The summed E-state index contributed by atoms with van der Waals surface area (Å²) in [6, 6.07) is 1.28. The Balaban J connectivity index is 2.10. The highest BCUT2D eigenvalue weighted by atomic mass is 16.3. The van der Waals surface area contributed by atoms with E-state index >= 15 is 0 Å². The van der Waals surface area contributed by atoms with E-state index in [1.54, 1.807) is 0 Å². The highest BCUT2D eigenvalue weighted by Gasteiger charge is 2.42. The normalized spacial score (nSPS) is 46.8. The van der Waals surface area contributed by atoms with Gasteiger partial charge in [-0.2, -0.15) is 0 Å². The van der Waals surface area contributed by atoms with Crippen molar-refractivity contribution in [3.63, 3.8) is 0 Å². The van der Waals surface area contributed by atoms with Crippen molar-refractivity contribution >= 4 is 0 Å². The first-order valence-corrected chi connectivity index (χ1v) is 4.15. The molecule has 0 aromatic heterocycles. The van der Waals surface area contributed by atoms with Crippen LogP contribution in [0, 0.1) is 5.92 Å². The Morgan fingerprint density at radius 3 is 2.70 bits per heavy atom. The zero-order valence-electron chi connectivity index (χ0n) is 6.45. The minimum atomic E-state index is 0.359. The second-order valence-corrected chi connectivity index (χ2v) is 3.64. The number of piperidine rings is 1. The Bertz CT molecular complexity index is 135. The molecule has 0 aromatic carbocycles. The van der Waals surface area contributed by atoms with Gasteiger partial charge < -0.3 is 5.11 Å². The molecule has 10 heavy (non-hydrogen) atoms. The van der Waals surface area contributed by atoms with E-state index in [9.17, 15) is 0 Å². The van der Waals surface area contributed by atoms with Crippen molar-refractivity contribution in [3.05, 3.63) is 0 Å². The Morgan fingerprint density at radius 2 is 2.30 bits per heavy atom. The van der Waals surface area contributed by atoms with Crippen molar-refractivity contribution in [1.29, 1.82) is 0 Å². The molecule has 2 nitrogen and oxygen atoms in total. The minimum absolute atomic E-state index is 0.359. The fraction of sp³-hybridized carbons (Fsp3) is 1.00. The SMILES string of the molecule is CN1[C@@H]2CC[C@@H](C2)[C@H]1CO. The molecule has 1 N–H and O–H groups in total. The molecular formula is C8H15NO. The van der Waals surface area contributed by atoms with Crippen LogP contribution < -0.4 is 0 Å². The van der Waals surface area contributed by atoms with E-state index in [1.165, 1.54) is 19.3 Å². The van der Waals surface area contributed by atoms with Crippen molar-refractivity contribution < 1.29 is 5.11 Å². The summed E-state index contributed by atoms with van der Waals surface area (Å²) in [6.07, 6.45) is 4.04. The van der Waals surface area contributed by atoms with Crippen LogP contribution in [0.2, 0.25) is 0 Å². The average molecular weight is 141 g/mol. The maximum absolute atomic E-state index is 9.02. The molecule has 2 aliphatic rings. The molecular weight excluding hydrogens is 126 g/mol. The molecule has 1 saturated carbocycles. The quantitative estimate of drug-likeness (QED) is 0.573. The van der Waals surface area contributed by atoms with Crippen LogP contribution in [0.1, 0.15) is 19.3 Å². The summed E-state index contributed by atoms with van der Waals surface area (Å²) in [6.45, 7) is 0.359. The number of hydrogen-bond donors (Lipinski definition) is 1. The second kappa shape index (κ2) is 2.21. The summed E-state index contributed by atoms with van der Waals surface area (Å²) in [4.78, 5) is 2.36. The number of likely N-dealkylation sites (N-methyl/N-ethyl adjacent to an activating group) is 1. The van der Waals surface area contributed by atoms with Gasteiger partial charge in [-0.1, -0.05) is 0 Å². The van der Waals surface area contributed by atoms with Gasteiger partial charge in [0.2, 0.25) is 0 Å². The molecule has 0 radical (unpaired) electrons. The van der Waals surface area contributed by atoms with Crippen molar-refractivity contribution in [3.8, 4) is 0 Å². The molecule has 2 heteroatoms. The lowest BCUT2D eigenvalue weighted by molar-refractivity contribution is 0.108. The van der Waals surface area contributed by atoms with Crippen LogP contribution in [0.3, 0.4) is 0 Å². The second-order valence-electron chi connectivity index (χ2n) is 3.64. The predicted molar refractivity (Wildman–Crippen MR) is 39.8 cm³/mol. The average Bonchev–Trinajstić information content (AvgIpc) is 2.46. The maximum Gasteiger partial charge on any atom is 0.0589 e. The maximum atomic E-state index is 9.02. The third-order valence-electron chi connectivity index (χ3n) is 3.28. The molecule has 3 atom stereocenters. The first-order chi connectivity index (χ1) is 4.83. The lowest BCUT2D eigenvalue weighted by Crippen LogP contribution is -2.39. The van der Waals surface area contributed by atoms with Crippen LogP contribution in [0.15, 0.2) is 0 Å². The number of aliphatic hydroxyl groups is 1. The van der Waals surface area contributed by atoms with Crippen LogP contribution in [-0.4, -0.2) is 35.7 Å². The van der Waals surface area contributed by atoms with E-state index in [0.717, 1.165) is 12.0 Å². The molecule has 2 rings (SSSR count). The standard InChI is InChI=1S/C8H15NO/c1-9-7-3-2-6(4-7)8(9)5-10/h6-8,10H,2-5H2,1H3/t6-,7+,8+/m0/s1. The van der Waals surface area contributed by atoms with Gasteiger partial charge in [0.15, 0.2) is 0 Å². The van der Waals surface area contributed by atoms with Crippen molar-refractivity contribution in [1.82, 2.24) is 4.90 Å². The summed E-state index contributed by atoms with van der Waals surface area (Å²) in [7, 11) is 2.14. The molecule has 1 heterocycles. The van der Waals surface area contributed by atoms with Gasteiger partial charge in [-0.05, 0) is 32.2 Å². The van der Waals surface area contributed by atoms with Crippen LogP contribution in [-0.2, 0) is 0 Å². The highest BCUT2D eigenvalue weighted by molar-refractivity contribution is 4.97. The van der Waals surface area contributed by atoms with Gasteiger partial charge in [-0.25, -0.2) is 0 Å². The van der Waals surface area contributed by atoms with Gasteiger partial charge >= 0.3 is 0 Å². The minimum Gasteiger partial charge on any atom is -0.395 e. The van der Waals surface area contributed by atoms with E-state index < -0.39 is 0 Å². The van der Waals surface area contributed by atoms with Gasteiger partial charge in [0.05, 0.1) is 6.61 Å². The number of aliphatic hydroxyl groups excluding tert-OH is 1. The Kier molecular flexibility index (Phi) is 1.46. The molecule has 1 saturated heterocycles. The zero-order valence-corrected chi connectivity index (χ0v) is 6.45. The summed E-state index contributed by atoms with van der Waals surface area (Å²) in [5.41, 5.74) is 0. The first-order valence-electron chi connectivity index (χ1n) is 4.15. The molecule has 58 valence electrons. The van der Waals surface area contributed by atoms with Gasteiger partial charge in [0.25, 0.3) is 0 Å². The third kappa shape index (κ3) is 0.722. The molecule has 1 aliphatic carbocycles. The van der Waals surface area contributed by atoms with Crippen LogP contribution in [0.5, 0.6) is 0 Å². The van der Waals surface area contributed by atoms with E-state index in [0.29, 0.717) is 12.6 Å². The van der Waals surface area contributed by atoms with Crippen molar-refractivity contribution in [2.24, 2.45) is 5.92 Å². The van der Waals surface area contributed by atoms with Crippen LogP contribution in [0.4, 0.5) is 0 Å². The monoisotopic (exact) mass is 141 g/mol. The fourth-order valence-electron chi connectivity index (χ4n) is 2.59. The number of likely N-dealkylation sites (tertiary alicyclic amines) is 1. The largest absolute Gasteiger partial charge is 0.395 e. The zero-order chi connectivity index (χ0) is 7.14. The molecule has 0 amide bonds. The molecule has 1 aliphatic heterocycles. The van der Waals surface area contributed by atoms with Gasteiger partial charge in [0.1, 0.15) is 0 Å². The summed E-state index contributed by atoms with van der Waals surface area (Å²) < 4.78 is 0. The van der Waals surface area contributed by atoms with Gasteiger partial charge in [0, 0.05) is 12.1 Å². The lowest BCUT2D eigenvalue weighted by Gasteiger charge is -2.30. The molecule has 0 spiro atoms. The number of hydrogen-bond acceptors (Lipinski definition) is 2. The summed E-state index contributed by atoms with van der Waals surface area (Å²) >= 11 is 0. The van der Waals surface area contributed by atoms with Crippen LogP contribution in [0.25, 0.3) is 0 Å². The topological polar surface area (TPSA) is 23.5 Å². The van der Waals surface area contributed by atoms with Crippen molar-refractivity contribution in [2.45, 2.75) is 31.3 Å². The van der Waals surface area contributed by atoms with E-state index in [4.69, 9.17) is 5.11 Å². The predicted octanol–water partition coefficient (Wildman–Crippen LogP) is 0.461.